The van der Waals surface area contributed by atoms with Gasteiger partial charge in [-0.2, -0.15) is 5.10 Å². The van der Waals surface area contributed by atoms with Crippen LogP contribution >= 0.6 is 0 Å². The van der Waals surface area contributed by atoms with Gasteiger partial charge in [-0.15, -0.1) is 0 Å². The lowest BCUT2D eigenvalue weighted by atomic mass is 10.0. The van der Waals surface area contributed by atoms with Gasteiger partial charge in [-0.1, -0.05) is 36.4 Å². The number of hydrogen-bond donors (Lipinski definition) is 1. The van der Waals surface area contributed by atoms with Crippen molar-refractivity contribution < 1.29 is 14.3 Å². The van der Waals surface area contributed by atoms with E-state index in [4.69, 9.17) is 9.47 Å². The molecule has 0 saturated heterocycles. The molecule has 0 aliphatic heterocycles. The average molecular weight is 428 g/mol. The minimum absolute atomic E-state index is 0.279. The summed E-state index contributed by atoms with van der Waals surface area (Å²) in [6.45, 7) is 4.01. The molecule has 3 aromatic carbocycles. The number of ether oxygens (including phenoxy) is 2. The van der Waals surface area contributed by atoms with Gasteiger partial charge in [-0.05, 0) is 60.9 Å². The highest BCUT2D eigenvalue weighted by Gasteiger charge is 2.21. The van der Waals surface area contributed by atoms with Crippen LogP contribution in [-0.2, 0) is 0 Å². The second kappa shape index (κ2) is 8.98. The standard InChI is InChI=1S/C26H25N3O3/c1-17-9-8-12-22(18(17)2)27-26(30)25-21(16-29(28-25)20-10-6-5-7-11-20)19-13-14-23(31-3)24(15-19)32-4/h5-16H,1-4H3,(H,27,30). The molecule has 0 bridgehead atoms. The van der Waals surface area contributed by atoms with Crippen molar-refractivity contribution in [3.8, 4) is 28.3 Å². The fourth-order valence-electron chi connectivity index (χ4n) is 3.54. The number of aryl methyl sites for hydroxylation is 1. The van der Waals surface area contributed by atoms with Gasteiger partial charge in [-0.3, -0.25) is 4.79 Å². The SMILES string of the molecule is COc1ccc(-c2cn(-c3ccccc3)nc2C(=O)Nc2cccc(C)c2C)cc1OC. The molecule has 4 rings (SSSR count). The van der Waals surface area contributed by atoms with E-state index in [-0.39, 0.29) is 5.91 Å². The van der Waals surface area contributed by atoms with Crippen molar-refractivity contribution >= 4 is 11.6 Å². The molecule has 6 nitrogen and oxygen atoms in total. The van der Waals surface area contributed by atoms with Gasteiger partial charge in [0.15, 0.2) is 17.2 Å². The number of para-hydroxylation sites is 1. The lowest BCUT2D eigenvalue weighted by molar-refractivity contribution is 0.102. The minimum Gasteiger partial charge on any atom is -0.493 e. The van der Waals surface area contributed by atoms with Crippen molar-refractivity contribution in [2.75, 3.05) is 19.5 Å². The summed E-state index contributed by atoms with van der Waals surface area (Å²) >= 11 is 0. The van der Waals surface area contributed by atoms with E-state index in [0.717, 1.165) is 28.1 Å². The number of amides is 1. The molecular weight excluding hydrogens is 402 g/mol. The number of carbonyl (C=O) groups excluding carboxylic acids is 1. The average Bonchev–Trinajstić information content (AvgIpc) is 3.28. The Balaban J connectivity index is 1.81. The van der Waals surface area contributed by atoms with E-state index in [1.54, 1.807) is 18.9 Å². The molecule has 32 heavy (non-hydrogen) atoms. The number of hydrogen-bond acceptors (Lipinski definition) is 4. The van der Waals surface area contributed by atoms with Crippen molar-refractivity contribution in [2.24, 2.45) is 0 Å². The van der Waals surface area contributed by atoms with Crippen molar-refractivity contribution in [1.29, 1.82) is 0 Å². The summed E-state index contributed by atoms with van der Waals surface area (Å²) < 4.78 is 12.5. The monoisotopic (exact) mass is 427 g/mol. The van der Waals surface area contributed by atoms with Crippen molar-refractivity contribution in [3.05, 3.63) is 89.7 Å². The van der Waals surface area contributed by atoms with E-state index in [9.17, 15) is 4.79 Å². The lowest BCUT2D eigenvalue weighted by Crippen LogP contribution is -2.15. The molecule has 1 amide bonds. The van der Waals surface area contributed by atoms with Crippen LogP contribution in [0.2, 0.25) is 0 Å². The Morgan fingerprint density at radius 3 is 2.38 bits per heavy atom. The predicted molar refractivity (Wildman–Crippen MR) is 126 cm³/mol. The number of anilines is 1. The predicted octanol–water partition coefficient (Wildman–Crippen LogP) is 5.43. The van der Waals surface area contributed by atoms with E-state index >= 15 is 0 Å². The van der Waals surface area contributed by atoms with E-state index < -0.39 is 0 Å². The number of rotatable bonds is 6. The second-order valence-electron chi connectivity index (χ2n) is 7.44. The Kier molecular flexibility index (Phi) is 5.94. The third-order valence-electron chi connectivity index (χ3n) is 5.50. The molecule has 1 N–H and O–H groups in total. The first kappa shape index (κ1) is 21.2. The molecule has 4 aromatic rings. The molecule has 0 atom stereocenters. The van der Waals surface area contributed by atoms with Gasteiger partial charge >= 0.3 is 0 Å². The zero-order valence-electron chi connectivity index (χ0n) is 18.5. The van der Waals surface area contributed by atoms with E-state index in [0.29, 0.717) is 22.8 Å². The van der Waals surface area contributed by atoms with Crippen molar-refractivity contribution in [2.45, 2.75) is 13.8 Å². The minimum atomic E-state index is -0.279. The number of carbonyl (C=O) groups is 1. The van der Waals surface area contributed by atoms with E-state index in [2.05, 4.69) is 10.4 Å². The highest BCUT2D eigenvalue weighted by atomic mass is 16.5. The smallest absolute Gasteiger partial charge is 0.276 e. The van der Waals surface area contributed by atoms with Gasteiger partial charge in [0.2, 0.25) is 0 Å². The number of aromatic nitrogens is 2. The molecule has 1 aromatic heterocycles. The van der Waals surface area contributed by atoms with Crippen LogP contribution in [0.4, 0.5) is 5.69 Å². The van der Waals surface area contributed by atoms with E-state index in [1.165, 1.54) is 0 Å². The Bertz CT molecular complexity index is 1260. The molecule has 0 fully saturated rings. The zero-order chi connectivity index (χ0) is 22.7. The molecule has 0 unspecified atom stereocenters. The highest BCUT2D eigenvalue weighted by molar-refractivity contribution is 6.07. The quantitative estimate of drug-likeness (QED) is 0.446. The summed E-state index contributed by atoms with van der Waals surface area (Å²) in [6.07, 6.45) is 1.86. The van der Waals surface area contributed by atoms with Crippen LogP contribution in [0, 0.1) is 13.8 Å². The first-order chi connectivity index (χ1) is 15.5. The van der Waals surface area contributed by atoms with Crippen LogP contribution in [0.15, 0.2) is 72.9 Å². The number of nitrogens with zero attached hydrogens (tertiary/aromatic N) is 2. The molecule has 0 aliphatic carbocycles. The molecule has 0 radical (unpaired) electrons. The largest absolute Gasteiger partial charge is 0.493 e. The lowest BCUT2D eigenvalue weighted by Gasteiger charge is -2.11. The maximum Gasteiger partial charge on any atom is 0.276 e. The van der Waals surface area contributed by atoms with Gasteiger partial charge in [0.05, 0.1) is 19.9 Å². The molecular formula is C26H25N3O3. The van der Waals surface area contributed by atoms with Crippen LogP contribution in [0.5, 0.6) is 11.5 Å². The van der Waals surface area contributed by atoms with Gasteiger partial charge in [0.25, 0.3) is 5.91 Å². The first-order valence-electron chi connectivity index (χ1n) is 10.3. The third-order valence-corrected chi connectivity index (χ3v) is 5.50. The Labute approximate surface area is 187 Å². The number of methoxy groups -OCH3 is 2. The maximum absolute atomic E-state index is 13.4. The second-order valence-corrected chi connectivity index (χ2v) is 7.44. The van der Waals surface area contributed by atoms with Crippen LogP contribution in [0.1, 0.15) is 21.6 Å². The van der Waals surface area contributed by atoms with Gasteiger partial charge in [0.1, 0.15) is 0 Å². The van der Waals surface area contributed by atoms with Gasteiger partial charge in [0, 0.05) is 17.4 Å². The fourth-order valence-corrected chi connectivity index (χ4v) is 3.54. The van der Waals surface area contributed by atoms with Crippen molar-refractivity contribution in [3.63, 3.8) is 0 Å². The summed E-state index contributed by atoms with van der Waals surface area (Å²) in [6, 6.07) is 21.1. The molecule has 6 heteroatoms. The van der Waals surface area contributed by atoms with Gasteiger partial charge in [-0.25, -0.2) is 4.68 Å². The molecule has 0 saturated carbocycles. The molecule has 0 spiro atoms. The highest BCUT2D eigenvalue weighted by Crippen LogP contribution is 2.34. The summed E-state index contributed by atoms with van der Waals surface area (Å²) in [7, 11) is 3.18. The van der Waals surface area contributed by atoms with Crippen LogP contribution in [-0.4, -0.2) is 29.9 Å². The van der Waals surface area contributed by atoms with Crippen LogP contribution in [0.3, 0.4) is 0 Å². The Hall–Kier alpha value is -4.06. The fraction of sp³-hybridized carbons (Fsp3) is 0.154. The normalized spacial score (nSPS) is 10.6. The third kappa shape index (κ3) is 4.07. The zero-order valence-corrected chi connectivity index (χ0v) is 18.5. The molecule has 0 aliphatic rings. The molecule has 1 heterocycles. The number of nitrogens with one attached hydrogen (secondary N) is 1. The van der Waals surface area contributed by atoms with E-state index in [1.807, 2.05) is 86.8 Å². The summed E-state index contributed by atoms with van der Waals surface area (Å²) in [5.41, 5.74) is 5.58. The Morgan fingerprint density at radius 1 is 0.906 bits per heavy atom. The van der Waals surface area contributed by atoms with Crippen LogP contribution in [0.25, 0.3) is 16.8 Å². The summed E-state index contributed by atoms with van der Waals surface area (Å²) in [4.78, 5) is 13.4. The molecule has 162 valence electrons. The number of benzene rings is 3. The maximum atomic E-state index is 13.4. The first-order valence-corrected chi connectivity index (χ1v) is 10.3. The topological polar surface area (TPSA) is 65.4 Å². The van der Waals surface area contributed by atoms with Gasteiger partial charge < -0.3 is 14.8 Å². The summed E-state index contributed by atoms with van der Waals surface area (Å²) in [5, 5.41) is 7.66. The summed E-state index contributed by atoms with van der Waals surface area (Å²) in [5.74, 6) is 0.921. The van der Waals surface area contributed by atoms with Crippen molar-refractivity contribution in [1.82, 2.24) is 9.78 Å². The Morgan fingerprint density at radius 2 is 1.66 bits per heavy atom. The van der Waals surface area contributed by atoms with Crippen LogP contribution < -0.4 is 14.8 Å².